The van der Waals surface area contributed by atoms with Crippen LogP contribution in [0.3, 0.4) is 0 Å². The SMILES string of the molecule is Cc1c(C(=O)Nc2ccc(I)cc2)oc2c1/C(=N/NC(=O)c1ccc(F)cc1)CCC2. The van der Waals surface area contributed by atoms with E-state index in [9.17, 15) is 14.0 Å². The average molecular weight is 531 g/mol. The van der Waals surface area contributed by atoms with Crippen LogP contribution in [0.25, 0.3) is 0 Å². The third-order valence-corrected chi connectivity index (χ3v) is 5.75. The molecule has 1 aliphatic carbocycles. The summed E-state index contributed by atoms with van der Waals surface area (Å²) in [5.41, 5.74) is 5.62. The molecule has 1 heterocycles. The molecule has 0 spiro atoms. The number of anilines is 1. The summed E-state index contributed by atoms with van der Waals surface area (Å²) in [6.07, 6.45) is 2.14. The summed E-state index contributed by atoms with van der Waals surface area (Å²) in [6.45, 7) is 1.81. The number of benzene rings is 2. The fourth-order valence-corrected chi connectivity index (χ4v) is 3.86. The zero-order valence-electron chi connectivity index (χ0n) is 16.7. The predicted molar refractivity (Wildman–Crippen MR) is 124 cm³/mol. The molecule has 0 saturated heterocycles. The van der Waals surface area contributed by atoms with Gasteiger partial charge >= 0.3 is 0 Å². The van der Waals surface area contributed by atoms with E-state index in [2.05, 4.69) is 38.4 Å². The van der Waals surface area contributed by atoms with E-state index in [1.807, 2.05) is 31.2 Å². The number of fused-ring (bicyclic) bond motifs is 1. The van der Waals surface area contributed by atoms with E-state index in [0.717, 1.165) is 15.6 Å². The molecule has 4 rings (SSSR count). The molecule has 158 valence electrons. The van der Waals surface area contributed by atoms with Gasteiger partial charge in [-0.15, -0.1) is 0 Å². The van der Waals surface area contributed by atoms with E-state index in [1.54, 1.807) is 0 Å². The Morgan fingerprint density at radius 3 is 2.45 bits per heavy atom. The van der Waals surface area contributed by atoms with Gasteiger partial charge < -0.3 is 9.73 Å². The number of carbonyl (C=O) groups is 2. The lowest BCUT2D eigenvalue weighted by molar-refractivity contribution is 0.0953. The molecule has 0 unspecified atom stereocenters. The molecule has 0 fully saturated rings. The third kappa shape index (κ3) is 4.68. The van der Waals surface area contributed by atoms with Gasteiger partial charge in [0.25, 0.3) is 11.8 Å². The Balaban J connectivity index is 1.55. The molecule has 31 heavy (non-hydrogen) atoms. The van der Waals surface area contributed by atoms with Crippen molar-refractivity contribution in [3.05, 3.63) is 86.1 Å². The van der Waals surface area contributed by atoms with Gasteiger partial charge in [-0.3, -0.25) is 9.59 Å². The number of nitrogens with one attached hydrogen (secondary N) is 2. The van der Waals surface area contributed by atoms with Gasteiger partial charge in [0, 0.05) is 32.4 Å². The molecule has 6 nitrogen and oxygen atoms in total. The van der Waals surface area contributed by atoms with E-state index in [-0.39, 0.29) is 11.7 Å². The molecule has 2 aromatic carbocycles. The number of furan rings is 1. The Morgan fingerprint density at radius 1 is 1.03 bits per heavy atom. The molecule has 8 heteroatoms. The smallest absolute Gasteiger partial charge is 0.291 e. The summed E-state index contributed by atoms with van der Waals surface area (Å²) in [4.78, 5) is 25.1. The molecule has 3 aromatic rings. The summed E-state index contributed by atoms with van der Waals surface area (Å²) >= 11 is 2.20. The standard InChI is InChI=1S/C23H19FIN3O3/c1-13-20-18(27-28-22(29)14-5-7-15(24)8-6-14)3-2-4-19(20)31-21(13)23(30)26-17-11-9-16(25)10-12-17/h5-12H,2-4H2,1H3,(H,26,30)(H,28,29)/b27-18+. The molecule has 0 saturated carbocycles. The zero-order chi connectivity index (χ0) is 22.0. The second kappa shape index (κ2) is 9.01. The molecule has 2 N–H and O–H groups in total. The van der Waals surface area contributed by atoms with Gasteiger partial charge in [0.1, 0.15) is 11.6 Å². The zero-order valence-corrected chi connectivity index (χ0v) is 18.8. The second-order valence-corrected chi connectivity index (χ2v) is 8.42. The number of aryl methyl sites for hydroxylation is 1. The van der Waals surface area contributed by atoms with Crippen LogP contribution in [-0.2, 0) is 6.42 Å². The highest BCUT2D eigenvalue weighted by molar-refractivity contribution is 14.1. The lowest BCUT2D eigenvalue weighted by Gasteiger charge is -2.13. The van der Waals surface area contributed by atoms with Crippen molar-refractivity contribution in [3.63, 3.8) is 0 Å². The first kappa shape index (κ1) is 21.2. The number of carbonyl (C=O) groups excluding carboxylic acids is 2. The van der Waals surface area contributed by atoms with Crippen LogP contribution in [0, 0.1) is 16.3 Å². The molecule has 0 radical (unpaired) electrons. The topological polar surface area (TPSA) is 83.7 Å². The number of hydrogen-bond donors (Lipinski definition) is 2. The van der Waals surface area contributed by atoms with Crippen molar-refractivity contribution >= 4 is 45.8 Å². The van der Waals surface area contributed by atoms with Crippen LogP contribution < -0.4 is 10.7 Å². The van der Waals surface area contributed by atoms with E-state index in [4.69, 9.17) is 4.42 Å². The van der Waals surface area contributed by atoms with Gasteiger partial charge in [-0.2, -0.15) is 5.10 Å². The lowest BCUT2D eigenvalue weighted by atomic mass is 9.93. The number of hydrazone groups is 1. The van der Waals surface area contributed by atoms with Crippen molar-refractivity contribution in [2.45, 2.75) is 26.2 Å². The van der Waals surface area contributed by atoms with Crippen molar-refractivity contribution in [1.82, 2.24) is 5.43 Å². The van der Waals surface area contributed by atoms with Gasteiger partial charge in [0.2, 0.25) is 0 Å². The maximum absolute atomic E-state index is 13.1. The summed E-state index contributed by atoms with van der Waals surface area (Å²) in [5, 5.41) is 7.13. The minimum atomic E-state index is -0.433. The summed E-state index contributed by atoms with van der Waals surface area (Å²) in [6, 6.07) is 12.7. The van der Waals surface area contributed by atoms with Crippen molar-refractivity contribution in [2.24, 2.45) is 5.10 Å². The van der Waals surface area contributed by atoms with E-state index >= 15 is 0 Å². The minimum absolute atomic E-state index is 0.239. The lowest BCUT2D eigenvalue weighted by Crippen LogP contribution is -2.22. The summed E-state index contributed by atoms with van der Waals surface area (Å²) in [5.74, 6) is -0.251. The Bertz CT molecular complexity index is 1170. The van der Waals surface area contributed by atoms with Crippen LogP contribution >= 0.6 is 22.6 Å². The van der Waals surface area contributed by atoms with E-state index in [0.29, 0.717) is 41.1 Å². The van der Waals surface area contributed by atoms with Crippen LogP contribution in [0.5, 0.6) is 0 Å². The molecular formula is C23H19FIN3O3. The highest BCUT2D eigenvalue weighted by Crippen LogP contribution is 2.30. The van der Waals surface area contributed by atoms with Crippen molar-refractivity contribution < 1.29 is 18.4 Å². The normalized spacial score (nSPS) is 14.2. The number of rotatable bonds is 4. The first-order chi connectivity index (χ1) is 14.9. The highest BCUT2D eigenvalue weighted by Gasteiger charge is 2.28. The number of halogens is 2. The largest absolute Gasteiger partial charge is 0.455 e. The fraction of sp³-hybridized carbons (Fsp3) is 0.174. The number of amides is 2. The van der Waals surface area contributed by atoms with E-state index < -0.39 is 11.7 Å². The van der Waals surface area contributed by atoms with Gasteiger partial charge in [-0.05, 0) is 90.9 Å². The van der Waals surface area contributed by atoms with Crippen LogP contribution in [0.4, 0.5) is 10.1 Å². The average Bonchev–Trinajstić information content (AvgIpc) is 3.11. The van der Waals surface area contributed by atoms with Crippen molar-refractivity contribution in [1.29, 1.82) is 0 Å². The Kier molecular flexibility index (Phi) is 6.17. The maximum Gasteiger partial charge on any atom is 0.291 e. The van der Waals surface area contributed by atoms with Crippen LogP contribution in [-0.4, -0.2) is 17.5 Å². The van der Waals surface area contributed by atoms with Gasteiger partial charge in [0.05, 0.1) is 5.71 Å². The molecule has 0 aliphatic heterocycles. The molecule has 2 amide bonds. The summed E-state index contributed by atoms with van der Waals surface area (Å²) in [7, 11) is 0. The number of nitrogens with zero attached hydrogens (tertiary/aromatic N) is 1. The monoisotopic (exact) mass is 531 g/mol. The first-order valence-corrected chi connectivity index (χ1v) is 10.8. The van der Waals surface area contributed by atoms with Gasteiger partial charge in [0.15, 0.2) is 5.76 Å². The van der Waals surface area contributed by atoms with Crippen LogP contribution in [0.1, 0.15) is 50.6 Å². The molecule has 1 aliphatic rings. The summed E-state index contributed by atoms with van der Waals surface area (Å²) < 4.78 is 20.0. The Morgan fingerprint density at radius 2 is 1.74 bits per heavy atom. The third-order valence-electron chi connectivity index (χ3n) is 5.03. The molecular weight excluding hydrogens is 512 g/mol. The van der Waals surface area contributed by atoms with Gasteiger partial charge in [-0.1, -0.05) is 0 Å². The first-order valence-electron chi connectivity index (χ1n) is 9.74. The maximum atomic E-state index is 13.1. The number of hydrogen-bond acceptors (Lipinski definition) is 4. The van der Waals surface area contributed by atoms with Crippen molar-refractivity contribution in [3.8, 4) is 0 Å². The Hall–Kier alpha value is -3.01. The highest BCUT2D eigenvalue weighted by atomic mass is 127. The van der Waals surface area contributed by atoms with Crippen molar-refractivity contribution in [2.75, 3.05) is 5.32 Å². The Labute approximate surface area is 192 Å². The molecule has 0 atom stereocenters. The molecule has 1 aromatic heterocycles. The quantitative estimate of drug-likeness (QED) is 0.365. The molecule has 0 bridgehead atoms. The van der Waals surface area contributed by atoms with Crippen LogP contribution in [0.2, 0.25) is 0 Å². The van der Waals surface area contributed by atoms with Crippen LogP contribution in [0.15, 0.2) is 58.0 Å². The van der Waals surface area contributed by atoms with Gasteiger partial charge in [-0.25, -0.2) is 9.82 Å². The fourth-order valence-electron chi connectivity index (χ4n) is 3.50. The minimum Gasteiger partial charge on any atom is -0.455 e. The predicted octanol–water partition coefficient (Wildman–Crippen LogP) is 5.05. The second-order valence-electron chi connectivity index (χ2n) is 7.18. The van der Waals surface area contributed by atoms with E-state index in [1.165, 1.54) is 24.3 Å².